The van der Waals surface area contributed by atoms with Gasteiger partial charge in [0.25, 0.3) is 0 Å². The van der Waals surface area contributed by atoms with Gasteiger partial charge in [-0.25, -0.2) is 14.4 Å². The van der Waals surface area contributed by atoms with Crippen molar-refractivity contribution in [3.8, 4) is 0 Å². The molecule has 0 aromatic carbocycles. The Morgan fingerprint density at radius 1 is 1.26 bits per heavy atom. The molecule has 3 aromatic rings. The number of pyridine rings is 1. The molecule has 0 radical (unpaired) electrons. The van der Waals surface area contributed by atoms with Crippen LogP contribution >= 0.6 is 11.6 Å². The lowest BCUT2D eigenvalue weighted by atomic mass is 10.0. The average Bonchev–Trinajstić information content (AvgIpc) is 3.09. The number of aromatic amines is 1. The molecule has 3 rings (SSSR count). The van der Waals surface area contributed by atoms with Gasteiger partial charge < -0.3 is 5.32 Å². The Morgan fingerprint density at radius 2 is 2.04 bits per heavy atom. The first-order valence-electron chi connectivity index (χ1n) is 8.19. The number of anilines is 2. The lowest BCUT2D eigenvalue weighted by molar-refractivity contribution is 0.677. The number of rotatable bonds is 6. The van der Waals surface area contributed by atoms with Crippen LogP contribution in [0.4, 0.5) is 15.9 Å². The number of hydrogen-bond donors (Lipinski definition) is 2. The van der Waals surface area contributed by atoms with E-state index in [9.17, 15) is 4.39 Å². The summed E-state index contributed by atoms with van der Waals surface area (Å²) in [6.45, 7) is 11.0. The molecule has 2 N–H and O–H groups in total. The summed E-state index contributed by atoms with van der Waals surface area (Å²) in [5.41, 5.74) is 2.85. The third-order valence-corrected chi connectivity index (χ3v) is 4.04. The molecule has 0 saturated carbocycles. The van der Waals surface area contributed by atoms with Crippen LogP contribution in [-0.4, -0.2) is 25.1 Å². The standard InChI is InChI=1S/C19H18ClFN6/c1-10(2)14-7-22-16(13(12(4)21)5-11(3)20)6-17(14)26-18-15-8-25-27-19(15)24-9-23-18/h5-10H,3-4H2,1-2H3,(H2,22,23,24,25,26,27)/b13-5+. The molecule has 0 fully saturated rings. The lowest BCUT2D eigenvalue weighted by Gasteiger charge is -2.16. The molecule has 0 saturated heterocycles. The van der Waals surface area contributed by atoms with Crippen molar-refractivity contribution < 1.29 is 4.39 Å². The number of hydrogen-bond acceptors (Lipinski definition) is 5. The highest BCUT2D eigenvalue weighted by Crippen LogP contribution is 2.32. The molecule has 3 aromatic heterocycles. The Hall–Kier alpha value is -3.06. The van der Waals surface area contributed by atoms with E-state index in [4.69, 9.17) is 11.6 Å². The first-order chi connectivity index (χ1) is 12.9. The van der Waals surface area contributed by atoms with Crippen molar-refractivity contribution in [3.63, 3.8) is 0 Å². The first kappa shape index (κ1) is 18.7. The summed E-state index contributed by atoms with van der Waals surface area (Å²) in [5, 5.41) is 11.0. The summed E-state index contributed by atoms with van der Waals surface area (Å²) < 4.78 is 13.9. The largest absolute Gasteiger partial charge is 0.339 e. The van der Waals surface area contributed by atoms with E-state index in [0.717, 1.165) is 16.6 Å². The zero-order valence-corrected chi connectivity index (χ0v) is 15.7. The Balaban J connectivity index is 2.11. The molecule has 138 valence electrons. The van der Waals surface area contributed by atoms with Crippen molar-refractivity contribution in [2.75, 3.05) is 5.32 Å². The van der Waals surface area contributed by atoms with Crippen LogP contribution in [0.25, 0.3) is 16.6 Å². The first-order valence-corrected chi connectivity index (χ1v) is 8.57. The van der Waals surface area contributed by atoms with Gasteiger partial charge in [-0.3, -0.25) is 10.1 Å². The Bertz CT molecular complexity index is 1050. The van der Waals surface area contributed by atoms with Gasteiger partial charge in [-0.2, -0.15) is 5.10 Å². The van der Waals surface area contributed by atoms with Gasteiger partial charge in [-0.05, 0) is 23.6 Å². The fourth-order valence-electron chi connectivity index (χ4n) is 2.62. The van der Waals surface area contributed by atoms with E-state index in [2.05, 4.69) is 43.6 Å². The van der Waals surface area contributed by atoms with E-state index in [1.165, 1.54) is 12.4 Å². The molecular formula is C19H18ClFN6. The zero-order chi connectivity index (χ0) is 19.6. The molecule has 6 nitrogen and oxygen atoms in total. The second kappa shape index (κ2) is 7.67. The highest BCUT2D eigenvalue weighted by molar-refractivity contribution is 6.31. The Kier molecular flexibility index (Phi) is 5.32. The highest BCUT2D eigenvalue weighted by Gasteiger charge is 2.15. The van der Waals surface area contributed by atoms with Crippen LogP contribution in [0.3, 0.4) is 0 Å². The predicted octanol–water partition coefficient (Wildman–Crippen LogP) is 5.23. The maximum atomic E-state index is 13.9. The number of H-pyrrole nitrogens is 1. The van der Waals surface area contributed by atoms with Gasteiger partial charge >= 0.3 is 0 Å². The minimum atomic E-state index is -0.646. The second-order valence-electron chi connectivity index (χ2n) is 6.20. The van der Waals surface area contributed by atoms with Gasteiger partial charge in [0, 0.05) is 22.5 Å². The number of fused-ring (bicyclic) bond motifs is 1. The predicted molar refractivity (Wildman–Crippen MR) is 107 cm³/mol. The van der Waals surface area contributed by atoms with Crippen LogP contribution in [0.1, 0.15) is 31.0 Å². The van der Waals surface area contributed by atoms with Crippen molar-refractivity contribution in [3.05, 3.63) is 66.1 Å². The Morgan fingerprint density at radius 3 is 2.70 bits per heavy atom. The van der Waals surface area contributed by atoms with E-state index in [-0.39, 0.29) is 16.5 Å². The third-order valence-electron chi connectivity index (χ3n) is 3.93. The minimum absolute atomic E-state index is 0.171. The van der Waals surface area contributed by atoms with Crippen molar-refractivity contribution in [1.82, 2.24) is 25.1 Å². The SMILES string of the molecule is C=C(Cl)/C=C(\C(=C)F)c1cc(Nc2ncnc3[nH]ncc23)c(C(C)C)cn1. The molecule has 0 bridgehead atoms. The van der Waals surface area contributed by atoms with Crippen molar-refractivity contribution in [1.29, 1.82) is 0 Å². The molecule has 0 aliphatic heterocycles. The molecule has 0 spiro atoms. The van der Waals surface area contributed by atoms with Crippen molar-refractivity contribution in [2.24, 2.45) is 0 Å². The fourth-order valence-corrected chi connectivity index (χ4v) is 2.73. The lowest BCUT2D eigenvalue weighted by Crippen LogP contribution is -2.03. The normalized spacial score (nSPS) is 11.8. The van der Waals surface area contributed by atoms with Crippen LogP contribution in [-0.2, 0) is 0 Å². The van der Waals surface area contributed by atoms with Gasteiger partial charge in [0.1, 0.15) is 18.0 Å². The molecular weight excluding hydrogens is 367 g/mol. The molecule has 27 heavy (non-hydrogen) atoms. The van der Waals surface area contributed by atoms with Gasteiger partial charge in [0.2, 0.25) is 0 Å². The van der Waals surface area contributed by atoms with Crippen LogP contribution in [0.5, 0.6) is 0 Å². The fraction of sp³-hybridized carbons (Fsp3) is 0.158. The van der Waals surface area contributed by atoms with Gasteiger partial charge in [0.15, 0.2) is 5.65 Å². The average molecular weight is 385 g/mol. The monoisotopic (exact) mass is 384 g/mol. The van der Waals surface area contributed by atoms with Gasteiger partial charge in [0.05, 0.1) is 17.3 Å². The van der Waals surface area contributed by atoms with Crippen LogP contribution in [0.15, 0.2) is 54.9 Å². The summed E-state index contributed by atoms with van der Waals surface area (Å²) in [4.78, 5) is 12.8. The summed E-state index contributed by atoms with van der Waals surface area (Å²) in [7, 11) is 0. The van der Waals surface area contributed by atoms with E-state index >= 15 is 0 Å². The van der Waals surface area contributed by atoms with Crippen LogP contribution in [0.2, 0.25) is 0 Å². The molecule has 0 unspecified atom stereocenters. The van der Waals surface area contributed by atoms with Gasteiger partial charge in [-0.15, -0.1) is 0 Å². The number of nitrogens with one attached hydrogen (secondary N) is 2. The second-order valence-corrected chi connectivity index (χ2v) is 6.69. The number of nitrogens with zero attached hydrogens (tertiary/aromatic N) is 4. The zero-order valence-electron chi connectivity index (χ0n) is 14.9. The maximum Gasteiger partial charge on any atom is 0.160 e. The van der Waals surface area contributed by atoms with Gasteiger partial charge in [-0.1, -0.05) is 38.6 Å². The molecule has 0 atom stereocenters. The van der Waals surface area contributed by atoms with Crippen molar-refractivity contribution in [2.45, 2.75) is 19.8 Å². The van der Waals surface area contributed by atoms with E-state index in [1.54, 1.807) is 18.5 Å². The molecule has 8 heteroatoms. The van der Waals surface area contributed by atoms with E-state index in [0.29, 0.717) is 17.2 Å². The molecule has 3 heterocycles. The van der Waals surface area contributed by atoms with Crippen LogP contribution < -0.4 is 5.32 Å². The number of allylic oxidation sites excluding steroid dienone is 4. The minimum Gasteiger partial charge on any atom is -0.339 e. The van der Waals surface area contributed by atoms with E-state index in [1.807, 2.05) is 13.8 Å². The summed E-state index contributed by atoms with van der Waals surface area (Å²) in [6.07, 6.45) is 6.17. The summed E-state index contributed by atoms with van der Waals surface area (Å²) in [6, 6.07) is 1.74. The van der Waals surface area contributed by atoms with Crippen molar-refractivity contribution >= 4 is 39.7 Å². The summed E-state index contributed by atoms with van der Waals surface area (Å²) in [5.74, 6) is 0.116. The topological polar surface area (TPSA) is 79.4 Å². The smallest absolute Gasteiger partial charge is 0.160 e. The molecule has 0 aliphatic rings. The third kappa shape index (κ3) is 4.03. The molecule has 0 amide bonds. The highest BCUT2D eigenvalue weighted by atomic mass is 35.5. The number of halogens is 2. The molecule has 0 aliphatic carbocycles. The maximum absolute atomic E-state index is 13.9. The summed E-state index contributed by atoms with van der Waals surface area (Å²) >= 11 is 5.82. The van der Waals surface area contributed by atoms with Crippen LogP contribution in [0, 0.1) is 0 Å². The quantitative estimate of drug-likeness (QED) is 0.568. The number of aromatic nitrogens is 5. The van der Waals surface area contributed by atoms with E-state index < -0.39 is 5.83 Å². The Labute approximate surface area is 160 Å².